The van der Waals surface area contributed by atoms with E-state index in [1.807, 2.05) is 0 Å². The van der Waals surface area contributed by atoms with Crippen molar-refractivity contribution < 1.29 is 14.5 Å². The molecule has 1 aliphatic heterocycles. The standard InChI is InChI=1S/C6H13NO2.FH/c8-4-1-7-2-5-9-6-3-7;/h8H,1-6H2;1H. The molecule has 1 aliphatic rings. The van der Waals surface area contributed by atoms with Crippen LogP contribution >= 0.6 is 0 Å². The van der Waals surface area contributed by atoms with Crippen molar-refractivity contribution in [3.63, 3.8) is 0 Å². The Hall–Kier alpha value is -0.190. The summed E-state index contributed by atoms with van der Waals surface area (Å²) in [6.45, 7) is 4.64. The van der Waals surface area contributed by atoms with Gasteiger partial charge >= 0.3 is 0 Å². The molecule has 1 fully saturated rings. The first-order valence-corrected chi connectivity index (χ1v) is 3.34. The highest BCUT2D eigenvalue weighted by molar-refractivity contribution is 4.59. The van der Waals surface area contributed by atoms with E-state index in [0.717, 1.165) is 32.8 Å². The third-order valence-corrected chi connectivity index (χ3v) is 1.52. The van der Waals surface area contributed by atoms with Crippen molar-refractivity contribution in [1.29, 1.82) is 0 Å². The van der Waals surface area contributed by atoms with Gasteiger partial charge in [0.05, 0.1) is 19.8 Å². The lowest BCUT2D eigenvalue weighted by molar-refractivity contribution is 0.0306. The number of aliphatic hydroxyl groups excluding tert-OH is 1. The molecular weight excluding hydrogens is 137 g/mol. The van der Waals surface area contributed by atoms with E-state index >= 15 is 0 Å². The van der Waals surface area contributed by atoms with Gasteiger partial charge in [-0.3, -0.25) is 9.60 Å². The second kappa shape index (κ2) is 5.58. The van der Waals surface area contributed by atoms with Gasteiger partial charge in [-0.2, -0.15) is 0 Å². The van der Waals surface area contributed by atoms with Gasteiger partial charge in [0.2, 0.25) is 0 Å². The van der Waals surface area contributed by atoms with Gasteiger partial charge in [-0.1, -0.05) is 0 Å². The second-order valence-electron chi connectivity index (χ2n) is 2.18. The van der Waals surface area contributed by atoms with E-state index in [-0.39, 0.29) is 11.3 Å². The van der Waals surface area contributed by atoms with E-state index in [4.69, 9.17) is 9.84 Å². The summed E-state index contributed by atoms with van der Waals surface area (Å²) in [4.78, 5) is 2.20. The van der Waals surface area contributed by atoms with Crippen molar-refractivity contribution in [2.75, 3.05) is 39.5 Å². The zero-order valence-corrected chi connectivity index (χ0v) is 5.95. The van der Waals surface area contributed by atoms with E-state index in [1.165, 1.54) is 0 Å². The summed E-state index contributed by atoms with van der Waals surface area (Å²) in [6, 6.07) is 0. The van der Waals surface area contributed by atoms with Crippen LogP contribution in [0.4, 0.5) is 4.70 Å². The summed E-state index contributed by atoms with van der Waals surface area (Å²) in [7, 11) is 0. The van der Waals surface area contributed by atoms with Crippen LogP contribution in [-0.4, -0.2) is 49.5 Å². The number of morpholine rings is 1. The van der Waals surface area contributed by atoms with Gasteiger partial charge in [-0.05, 0) is 0 Å². The average molecular weight is 151 g/mol. The number of aliphatic hydroxyl groups is 1. The van der Waals surface area contributed by atoms with Crippen molar-refractivity contribution in [1.82, 2.24) is 4.90 Å². The minimum Gasteiger partial charge on any atom is -0.395 e. The molecule has 0 aromatic rings. The SMILES string of the molecule is F.OCCN1CCOCC1. The molecule has 0 atom stereocenters. The fourth-order valence-corrected chi connectivity index (χ4v) is 0.966. The molecule has 0 aromatic carbocycles. The Kier molecular flexibility index (Phi) is 5.48. The van der Waals surface area contributed by atoms with Crippen LogP contribution in [0, 0.1) is 0 Å². The highest BCUT2D eigenvalue weighted by Gasteiger charge is 2.07. The molecule has 0 radical (unpaired) electrons. The van der Waals surface area contributed by atoms with Crippen molar-refractivity contribution in [2.45, 2.75) is 0 Å². The van der Waals surface area contributed by atoms with Crippen molar-refractivity contribution in [3.8, 4) is 0 Å². The molecule has 1 saturated heterocycles. The molecule has 0 aromatic heterocycles. The summed E-state index contributed by atoms with van der Waals surface area (Å²) < 4.78 is 5.12. The molecule has 4 heteroatoms. The van der Waals surface area contributed by atoms with Gasteiger partial charge in [0.1, 0.15) is 0 Å². The molecule has 0 bridgehead atoms. The minimum absolute atomic E-state index is 0. The van der Waals surface area contributed by atoms with E-state index < -0.39 is 0 Å². The Morgan fingerprint density at radius 3 is 2.40 bits per heavy atom. The summed E-state index contributed by atoms with van der Waals surface area (Å²) in [5.74, 6) is 0. The van der Waals surface area contributed by atoms with E-state index in [2.05, 4.69) is 4.90 Å². The number of ether oxygens (including phenoxy) is 1. The van der Waals surface area contributed by atoms with Crippen LogP contribution in [0.1, 0.15) is 0 Å². The number of rotatable bonds is 2. The molecule has 0 amide bonds. The summed E-state index contributed by atoms with van der Waals surface area (Å²) >= 11 is 0. The average Bonchev–Trinajstić information content (AvgIpc) is 1.91. The Balaban J connectivity index is 0.000000810. The normalized spacial score (nSPS) is 20.1. The maximum atomic E-state index is 8.54. The quantitative estimate of drug-likeness (QED) is 0.575. The van der Waals surface area contributed by atoms with Gasteiger partial charge in [0, 0.05) is 19.6 Å². The number of nitrogens with zero attached hydrogens (tertiary/aromatic N) is 1. The molecule has 0 saturated carbocycles. The highest BCUT2D eigenvalue weighted by Crippen LogP contribution is 1.93. The van der Waals surface area contributed by atoms with E-state index in [9.17, 15) is 0 Å². The topological polar surface area (TPSA) is 32.7 Å². The summed E-state index contributed by atoms with van der Waals surface area (Å²) in [5.41, 5.74) is 0. The molecule has 62 valence electrons. The van der Waals surface area contributed by atoms with Crippen LogP contribution in [0.5, 0.6) is 0 Å². The van der Waals surface area contributed by atoms with Crippen LogP contribution in [0.2, 0.25) is 0 Å². The predicted molar refractivity (Wildman–Crippen MR) is 36.8 cm³/mol. The van der Waals surface area contributed by atoms with Crippen LogP contribution in [0.25, 0.3) is 0 Å². The number of halogens is 1. The Bertz CT molecular complexity index is 73.4. The number of β-amino-alcohol motifs (C(OH)–C–C–N with tert-alkyl or cyclic N) is 1. The van der Waals surface area contributed by atoms with E-state index in [0.29, 0.717) is 0 Å². The van der Waals surface area contributed by atoms with Gasteiger partial charge in [0.25, 0.3) is 0 Å². The van der Waals surface area contributed by atoms with Crippen molar-refractivity contribution in [2.24, 2.45) is 0 Å². The molecular formula is C6H14FNO2. The van der Waals surface area contributed by atoms with Crippen LogP contribution in [0.3, 0.4) is 0 Å². The van der Waals surface area contributed by atoms with Gasteiger partial charge < -0.3 is 9.84 Å². The maximum absolute atomic E-state index is 8.54. The molecule has 0 unspecified atom stereocenters. The van der Waals surface area contributed by atoms with Crippen molar-refractivity contribution in [3.05, 3.63) is 0 Å². The Morgan fingerprint density at radius 1 is 1.30 bits per heavy atom. The fourth-order valence-electron chi connectivity index (χ4n) is 0.966. The van der Waals surface area contributed by atoms with E-state index in [1.54, 1.807) is 0 Å². The first-order chi connectivity index (χ1) is 4.43. The smallest absolute Gasteiger partial charge is 0.0594 e. The third-order valence-electron chi connectivity index (χ3n) is 1.52. The van der Waals surface area contributed by atoms with Crippen LogP contribution in [-0.2, 0) is 4.74 Å². The summed E-state index contributed by atoms with van der Waals surface area (Å²) in [5, 5.41) is 8.54. The van der Waals surface area contributed by atoms with Gasteiger partial charge in [0.15, 0.2) is 0 Å². The molecule has 1 rings (SSSR count). The van der Waals surface area contributed by atoms with Crippen molar-refractivity contribution >= 4 is 0 Å². The lowest BCUT2D eigenvalue weighted by atomic mass is 10.4. The first-order valence-electron chi connectivity index (χ1n) is 3.34. The zero-order chi connectivity index (χ0) is 6.53. The van der Waals surface area contributed by atoms with Gasteiger partial charge in [-0.15, -0.1) is 0 Å². The molecule has 3 nitrogen and oxygen atoms in total. The highest BCUT2D eigenvalue weighted by atomic mass is 19.0. The summed E-state index contributed by atoms with van der Waals surface area (Å²) in [6.07, 6.45) is 0. The maximum Gasteiger partial charge on any atom is 0.0594 e. The lowest BCUT2D eigenvalue weighted by Gasteiger charge is -2.25. The number of hydrogen-bond acceptors (Lipinski definition) is 3. The molecule has 0 aliphatic carbocycles. The molecule has 1 heterocycles. The van der Waals surface area contributed by atoms with Gasteiger partial charge in [-0.25, -0.2) is 0 Å². The predicted octanol–water partition coefficient (Wildman–Crippen LogP) is -0.537. The Morgan fingerprint density at radius 2 is 1.90 bits per heavy atom. The Labute approximate surface area is 60.0 Å². The monoisotopic (exact) mass is 151 g/mol. The largest absolute Gasteiger partial charge is 0.395 e. The minimum atomic E-state index is 0. The second-order valence-corrected chi connectivity index (χ2v) is 2.18. The van der Waals surface area contributed by atoms with Crippen LogP contribution in [0.15, 0.2) is 0 Å². The number of hydrogen-bond donors (Lipinski definition) is 1. The lowest BCUT2D eigenvalue weighted by Crippen LogP contribution is -2.37. The fraction of sp³-hybridized carbons (Fsp3) is 1.00. The first kappa shape index (κ1) is 9.81. The third kappa shape index (κ3) is 3.10. The zero-order valence-electron chi connectivity index (χ0n) is 5.95. The molecule has 10 heavy (non-hydrogen) atoms. The molecule has 0 spiro atoms. The van der Waals surface area contributed by atoms with Crippen LogP contribution < -0.4 is 0 Å². The molecule has 1 N–H and O–H groups in total.